The highest BCUT2D eigenvalue weighted by atomic mass is 16.3. The highest BCUT2D eigenvalue weighted by molar-refractivity contribution is 4.74. The molecule has 4 nitrogen and oxygen atoms in total. The van der Waals surface area contributed by atoms with E-state index in [9.17, 15) is 0 Å². The number of aliphatic hydroxyl groups is 1. The van der Waals surface area contributed by atoms with Crippen molar-refractivity contribution < 1.29 is 5.11 Å². The molecule has 14 heavy (non-hydrogen) atoms. The first-order valence-corrected chi connectivity index (χ1v) is 5.57. The lowest BCUT2D eigenvalue weighted by Gasteiger charge is -2.35. The first-order chi connectivity index (χ1) is 6.76. The molecule has 0 aromatic carbocycles. The molecule has 3 N–H and O–H groups in total. The minimum Gasteiger partial charge on any atom is -0.395 e. The van der Waals surface area contributed by atoms with Crippen LogP contribution in [0.25, 0.3) is 0 Å². The summed E-state index contributed by atoms with van der Waals surface area (Å²) in [7, 11) is 0. The molecule has 1 heterocycles. The minimum atomic E-state index is -0.0762. The molecule has 1 fully saturated rings. The van der Waals surface area contributed by atoms with E-state index in [-0.39, 0.29) is 12.6 Å². The van der Waals surface area contributed by atoms with E-state index in [0.29, 0.717) is 0 Å². The third-order valence-corrected chi connectivity index (χ3v) is 2.73. The summed E-state index contributed by atoms with van der Waals surface area (Å²) < 4.78 is 0. The molecule has 0 saturated carbocycles. The third-order valence-electron chi connectivity index (χ3n) is 2.73. The summed E-state index contributed by atoms with van der Waals surface area (Å²) in [5, 5.41) is 8.84. The van der Waals surface area contributed by atoms with Crippen molar-refractivity contribution in [2.24, 2.45) is 5.73 Å². The lowest BCUT2D eigenvalue weighted by molar-refractivity contribution is 0.117. The van der Waals surface area contributed by atoms with Crippen molar-refractivity contribution >= 4 is 0 Å². The number of hydrogen-bond donors (Lipinski definition) is 2. The Morgan fingerprint density at radius 2 is 1.79 bits per heavy atom. The van der Waals surface area contributed by atoms with E-state index in [1.54, 1.807) is 0 Å². The Morgan fingerprint density at radius 3 is 2.29 bits per heavy atom. The molecule has 0 spiro atoms. The molecule has 84 valence electrons. The van der Waals surface area contributed by atoms with Crippen molar-refractivity contribution in [2.75, 3.05) is 45.9 Å². The van der Waals surface area contributed by atoms with Crippen molar-refractivity contribution in [3.8, 4) is 0 Å². The Kier molecular flexibility index (Phi) is 5.40. The highest BCUT2D eigenvalue weighted by Crippen LogP contribution is 2.02. The maximum absolute atomic E-state index is 8.84. The molecule has 0 bridgehead atoms. The monoisotopic (exact) mass is 201 g/mol. The van der Waals surface area contributed by atoms with Gasteiger partial charge in [-0.05, 0) is 13.0 Å². The molecule has 0 radical (unpaired) electrons. The van der Waals surface area contributed by atoms with Crippen LogP contribution in [0, 0.1) is 0 Å². The summed E-state index contributed by atoms with van der Waals surface area (Å²) >= 11 is 0. The fourth-order valence-corrected chi connectivity index (χ4v) is 1.90. The lowest BCUT2D eigenvalue weighted by atomic mass is 10.2. The van der Waals surface area contributed by atoms with Crippen LogP contribution in [0.3, 0.4) is 0 Å². The van der Waals surface area contributed by atoms with Gasteiger partial charge in [0, 0.05) is 38.8 Å². The molecule has 1 unspecified atom stereocenters. The lowest BCUT2D eigenvalue weighted by Crippen LogP contribution is -2.50. The average molecular weight is 201 g/mol. The van der Waals surface area contributed by atoms with Crippen molar-refractivity contribution in [3.05, 3.63) is 0 Å². The molecule has 1 aliphatic rings. The van der Waals surface area contributed by atoms with Crippen LogP contribution in [0.5, 0.6) is 0 Å². The number of aliphatic hydroxyl groups excluding tert-OH is 1. The quantitative estimate of drug-likeness (QED) is 0.620. The standard InChI is InChI=1S/C10H23N3O/c1-2-3-12-4-6-13(7-5-12)8-10(11)9-14/h10,14H,2-9,11H2,1H3. The van der Waals surface area contributed by atoms with Gasteiger partial charge in [-0.25, -0.2) is 0 Å². The summed E-state index contributed by atoms with van der Waals surface area (Å²) in [6.45, 7) is 8.82. The second-order valence-corrected chi connectivity index (χ2v) is 4.08. The summed E-state index contributed by atoms with van der Waals surface area (Å²) in [5.74, 6) is 0. The number of rotatable bonds is 5. The molecule has 0 aliphatic carbocycles. The zero-order valence-electron chi connectivity index (χ0n) is 9.15. The second-order valence-electron chi connectivity index (χ2n) is 4.08. The van der Waals surface area contributed by atoms with Crippen molar-refractivity contribution in [1.29, 1.82) is 0 Å². The zero-order chi connectivity index (χ0) is 10.4. The highest BCUT2D eigenvalue weighted by Gasteiger charge is 2.17. The molecular formula is C10H23N3O. The number of hydrogen-bond acceptors (Lipinski definition) is 4. The predicted molar refractivity (Wildman–Crippen MR) is 58.2 cm³/mol. The van der Waals surface area contributed by atoms with Gasteiger partial charge in [0.1, 0.15) is 0 Å². The fraction of sp³-hybridized carbons (Fsp3) is 1.00. The predicted octanol–water partition coefficient (Wildman–Crippen LogP) is -0.666. The topological polar surface area (TPSA) is 52.7 Å². The van der Waals surface area contributed by atoms with Crippen molar-refractivity contribution in [3.63, 3.8) is 0 Å². The summed E-state index contributed by atoms with van der Waals surface area (Å²) in [4.78, 5) is 4.83. The Morgan fingerprint density at radius 1 is 1.21 bits per heavy atom. The molecule has 0 aromatic heterocycles. The molecule has 0 amide bonds. The summed E-state index contributed by atoms with van der Waals surface area (Å²) in [6, 6.07) is -0.0762. The van der Waals surface area contributed by atoms with E-state index in [4.69, 9.17) is 10.8 Å². The molecule has 1 atom stereocenters. The largest absolute Gasteiger partial charge is 0.395 e. The molecule has 4 heteroatoms. The first-order valence-electron chi connectivity index (χ1n) is 5.57. The van der Waals surface area contributed by atoms with Crippen molar-refractivity contribution in [1.82, 2.24) is 9.80 Å². The Balaban J connectivity index is 2.15. The van der Waals surface area contributed by atoms with Crippen LogP contribution in [-0.2, 0) is 0 Å². The minimum absolute atomic E-state index is 0.0762. The van der Waals surface area contributed by atoms with Crippen LogP contribution in [0.4, 0.5) is 0 Å². The Hall–Kier alpha value is -0.160. The normalized spacial score (nSPS) is 22.5. The zero-order valence-corrected chi connectivity index (χ0v) is 9.15. The van der Waals surface area contributed by atoms with Crippen LogP contribution >= 0.6 is 0 Å². The average Bonchev–Trinajstić information content (AvgIpc) is 2.21. The van der Waals surface area contributed by atoms with E-state index < -0.39 is 0 Å². The maximum Gasteiger partial charge on any atom is 0.0595 e. The SMILES string of the molecule is CCCN1CCN(CC(N)CO)CC1. The number of nitrogens with two attached hydrogens (primary N) is 1. The van der Waals surface area contributed by atoms with E-state index in [0.717, 1.165) is 32.7 Å². The maximum atomic E-state index is 8.84. The van der Waals surface area contributed by atoms with E-state index in [1.807, 2.05) is 0 Å². The smallest absolute Gasteiger partial charge is 0.0595 e. The van der Waals surface area contributed by atoms with Gasteiger partial charge < -0.3 is 15.7 Å². The van der Waals surface area contributed by atoms with Gasteiger partial charge in [-0.1, -0.05) is 6.92 Å². The van der Waals surface area contributed by atoms with Crippen LogP contribution in [0.2, 0.25) is 0 Å². The van der Waals surface area contributed by atoms with Crippen LogP contribution in [-0.4, -0.2) is 66.8 Å². The van der Waals surface area contributed by atoms with Gasteiger partial charge in [0.05, 0.1) is 6.61 Å². The molecule has 1 rings (SSSR count). The summed E-state index contributed by atoms with van der Waals surface area (Å²) in [5.41, 5.74) is 5.69. The van der Waals surface area contributed by atoms with Crippen LogP contribution < -0.4 is 5.73 Å². The van der Waals surface area contributed by atoms with Gasteiger partial charge in [-0.3, -0.25) is 4.90 Å². The number of piperazine rings is 1. The Labute approximate surface area is 86.7 Å². The molecule has 0 aromatic rings. The van der Waals surface area contributed by atoms with Gasteiger partial charge in [-0.15, -0.1) is 0 Å². The summed E-state index contributed by atoms with van der Waals surface area (Å²) in [6.07, 6.45) is 1.23. The third kappa shape index (κ3) is 3.92. The molecule has 1 aliphatic heterocycles. The van der Waals surface area contributed by atoms with E-state index in [1.165, 1.54) is 13.0 Å². The fourth-order valence-electron chi connectivity index (χ4n) is 1.90. The molecule has 1 saturated heterocycles. The van der Waals surface area contributed by atoms with Gasteiger partial charge >= 0.3 is 0 Å². The first kappa shape index (κ1) is 11.9. The molecular weight excluding hydrogens is 178 g/mol. The van der Waals surface area contributed by atoms with E-state index in [2.05, 4.69) is 16.7 Å². The second kappa shape index (κ2) is 6.35. The number of nitrogens with zero attached hydrogens (tertiary/aromatic N) is 2. The van der Waals surface area contributed by atoms with E-state index >= 15 is 0 Å². The van der Waals surface area contributed by atoms with Gasteiger partial charge in [-0.2, -0.15) is 0 Å². The van der Waals surface area contributed by atoms with Gasteiger partial charge in [0.15, 0.2) is 0 Å². The van der Waals surface area contributed by atoms with Crippen LogP contribution in [0.15, 0.2) is 0 Å². The van der Waals surface area contributed by atoms with Crippen molar-refractivity contribution in [2.45, 2.75) is 19.4 Å². The van der Waals surface area contributed by atoms with Crippen LogP contribution in [0.1, 0.15) is 13.3 Å². The Bertz CT molecular complexity index is 146. The van der Waals surface area contributed by atoms with Gasteiger partial charge in [0.2, 0.25) is 0 Å². The van der Waals surface area contributed by atoms with Gasteiger partial charge in [0.25, 0.3) is 0 Å².